The number of sulfonamides is 1. The van der Waals surface area contributed by atoms with Gasteiger partial charge in [-0.15, -0.1) is 0 Å². The van der Waals surface area contributed by atoms with E-state index in [4.69, 9.17) is 5.11 Å². The molecule has 0 unspecified atom stereocenters. The summed E-state index contributed by atoms with van der Waals surface area (Å²) in [5.74, 6) is 0. The summed E-state index contributed by atoms with van der Waals surface area (Å²) in [6, 6.07) is 5.26. The van der Waals surface area contributed by atoms with Crippen LogP contribution < -0.4 is 4.72 Å². The zero-order valence-corrected chi connectivity index (χ0v) is 12.8. The van der Waals surface area contributed by atoms with Crippen molar-refractivity contribution < 1.29 is 13.5 Å². The summed E-state index contributed by atoms with van der Waals surface area (Å²) in [5, 5.41) is 8.94. The second-order valence-corrected chi connectivity index (χ2v) is 7.55. The van der Waals surface area contributed by atoms with Gasteiger partial charge in [0.25, 0.3) is 0 Å². The lowest BCUT2D eigenvalue weighted by Crippen LogP contribution is -2.34. The summed E-state index contributed by atoms with van der Waals surface area (Å²) in [5.41, 5.74) is 1.59. The Morgan fingerprint density at radius 3 is 2.16 bits per heavy atom. The van der Waals surface area contributed by atoms with Crippen LogP contribution in [0.3, 0.4) is 0 Å². The number of aryl methyl sites for hydroxylation is 2. The van der Waals surface area contributed by atoms with Gasteiger partial charge in [0.15, 0.2) is 0 Å². The molecule has 0 saturated carbocycles. The standard InChI is InChI=1S/C14H23NO3S/c1-11-7-12(2)9-13(8-11)19(17,18)15-10-14(3,4)5-6-16/h7-9,15-16H,5-6,10H2,1-4H3. The molecule has 108 valence electrons. The molecule has 0 aliphatic carbocycles. The molecule has 0 heterocycles. The van der Waals surface area contributed by atoms with E-state index in [1.165, 1.54) is 0 Å². The highest BCUT2D eigenvalue weighted by atomic mass is 32.2. The van der Waals surface area contributed by atoms with Gasteiger partial charge in [-0.2, -0.15) is 0 Å². The van der Waals surface area contributed by atoms with Crippen LogP contribution in [-0.2, 0) is 10.0 Å². The topological polar surface area (TPSA) is 66.4 Å². The molecule has 0 amide bonds. The molecule has 1 aromatic carbocycles. The summed E-state index contributed by atoms with van der Waals surface area (Å²) in [7, 11) is -3.49. The molecule has 0 fully saturated rings. The second-order valence-electron chi connectivity index (χ2n) is 5.79. The van der Waals surface area contributed by atoms with Crippen molar-refractivity contribution in [2.24, 2.45) is 5.41 Å². The van der Waals surface area contributed by atoms with Crippen LogP contribution in [0, 0.1) is 19.3 Å². The van der Waals surface area contributed by atoms with Crippen LogP contribution in [0.1, 0.15) is 31.4 Å². The van der Waals surface area contributed by atoms with Gasteiger partial charge in [0.2, 0.25) is 10.0 Å². The molecule has 0 atom stereocenters. The first-order chi connectivity index (χ1) is 8.66. The number of nitrogens with one attached hydrogen (secondary N) is 1. The maximum atomic E-state index is 12.2. The monoisotopic (exact) mass is 285 g/mol. The molecule has 2 N–H and O–H groups in total. The van der Waals surface area contributed by atoms with E-state index in [2.05, 4.69) is 4.72 Å². The van der Waals surface area contributed by atoms with Crippen molar-refractivity contribution in [1.29, 1.82) is 0 Å². The predicted molar refractivity (Wildman–Crippen MR) is 76.6 cm³/mol. The van der Waals surface area contributed by atoms with Gasteiger partial charge >= 0.3 is 0 Å². The van der Waals surface area contributed by atoms with E-state index >= 15 is 0 Å². The smallest absolute Gasteiger partial charge is 0.240 e. The van der Waals surface area contributed by atoms with Gasteiger partial charge in [-0.3, -0.25) is 0 Å². The highest BCUT2D eigenvalue weighted by molar-refractivity contribution is 7.89. The number of aliphatic hydroxyl groups is 1. The molecule has 0 aliphatic rings. The molecule has 0 spiro atoms. The van der Waals surface area contributed by atoms with Crippen LogP contribution in [0.25, 0.3) is 0 Å². The average molecular weight is 285 g/mol. The van der Waals surface area contributed by atoms with E-state index in [0.29, 0.717) is 17.9 Å². The fourth-order valence-electron chi connectivity index (χ4n) is 1.85. The molecule has 0 aromatic heterocycles. The van der Waals surface area contributed by atoms with E-state index in [-0.39, 0.29) is 12.0 Å². The Morgan fingerprint density at radius 1 is 1.16 bits per heavy atom. The summed E-state index contributed by atoms with van der Waals surface area (Å²) >= 11 is 0. The molecule has 0 saturated heterocycles. The molecule has 1 rings (SSSR count). The van der Waals surface area contributed by atoms with Crippen LogP contribution in [0.2, 0.25) is 0 Å². The lowest BCUT2D eigenvalue weighted by Gasteiger charge is -2.23. The molecule has 0 radical (unpaired) electrons. The van der Waals surface area contributed by atoms with Gasteiger partial charge < -0.3 is 5.11 Å². The van der Waals surface area contributed by atoms with Gasteiger partial charge in [0.1, 0.15) is 0 Å². The molecular weight excluding hydrogens is 262 g/mol. The number of aliphatic hydroxyl groups excluding tert-OH is 1. The minimum absolute atomic E-state index is 0.0539. The Labute approximate surface area is 115 Å². The second kappa shape index (κ2) is 6.03. The Bertz CT molecular complexity index is 515. The van der Waals surface area contributed by atoms with Crippen molar-refractivity contribution in [3.8, 4) is 0 Å². The van der Waals surface area contributed by atoms with Crippen molar-refractivity contribution in [1.82, 2.24) is 4.72 Å². The first-order valence-electron chi connectivity index (χ1n) is 6.35. The molecule has 4 nitrogen and oxygen atoms in total. The average Bonchev–Trinajstić information content (AvgIpc) is 2.25. The quantitative estimate of drug-likeness (QED) is 0.840. The Balaban J connectivity index is 2.87. The van der Waals surface area contributed by atoms with Gasteiger partial charge in [-0.05, 0) is 48.9 Å². The maximum absolute atomic E-state index is 12.2. The molecule has 1 aromatic rings. The van der Waals surface area contributed by atoms with E-state index in [1.807, 2.05) is 33.8 Å². The Hall–Kier alpha value is -0.910. The van der Waals surface area contributed by atoms with E-state index in [1.54, 1.807) is 12.1 Å². The van der Waals surface area contributed by atoms with Gasteiger partial charge in [-0.1, -0.05) is 19.9 Å². The molecule has 0 bridgehead atoms. The summed E-state index contributed by atoms with van der Waals surface area (Å²) in [6.45, 7) is 7.96. The van der Waals surface area contributed by atoms with Crippen molar-refractivity contribution in [2.45, 2.75) is 39.0 Å². The number of benzene rings is 1. The van der Waals surface area contributed by atoms with Crippen LogP contribution in [-0.4, -0.2) is 26.7 Å². The number of rotatable bonds is 6. The predicted octanol–water partition coefficient (Wildman–Crippen LogP) is 1.99. The van der Waals surface area contributed by atoms with E-state index in [9.17, 15) is 8.42 Å². The third-order valence-electron chi connectivity index (χ3n) is 3.03. The van der Waals surface area contributed by atoms with Crippen LogP contribution in [0.4, 0.5) is 0 Å². The fraction of sp³-hybridized carbons (Fsp3) is 0.571. The van der Waals surface area contributed by atoms with Crippen LogP contribution >= 0.6 is 0 Å². The van der Waals surface area contributed by atoms with Crippen LogP contribution in [0.15, 0.2) is 23.1 Å². The summed E-state index contributed by atoms with van der Waals surface area (Å²) in [4.78, 5) is 0.296. The van der Waals surface area contributed by atoms with Crippen LogP contribution in [0.5, 0.6) is 0 Å². The third kappa shape index (κ3) is 4.93. The fourth-order valence-corrected chi connectivity index (χ4v) is 3.28. The molecule has 0 aliphatic heterocycles. The van der Waals surface area contributed by atoms with E-state index < -0.39 is 10.0 Å². The Morgan fingerprint density at radius 2 is 1.68 bits per heavy atom. The lowest BCUT2D eigenvalue weighted by atomic mass is 9.90. The Kier molecular flexibility index (Phi) is 5.12. The first-order valence-corrected chi connectivity index (χ1v) is 7.83. The van der Waals surface area contributed by atoms with Crippen molar-refractivity contribution in [3.05, 3.63) is 29.3 Å². The normalized spacial score (nSPS) is 12.7. The number of hydrogen-bond acceptors (Lipinski definition) is 3. The largest absolute Gasteiger partial charge is 0.396 e. The first kappa shape index (κ1) is 16.1. The van der Waals surface area contributed by atoms with Crippen molar-refractivity contribution in [2.75, 3.05) is 13.2 Å². The minimum atomic E-state index is -3.49. The number of hydrogen-bond donors (Lipinski definition) is 2. The zero-order valence-electron chi connectivity index (χ0n) is 12.0. The maximum Gasteiger partial charge on any atom is 0.240 e. The van der Waals surface area contributed by atoms with Crippen molar-refractivity contribution >= 4 is 10.0 Å². The summed E-state index contributed by atoms with van der Waals surface area (Å²) < 4.78 is 27.0. The van der Waals surface area contributed by atoms with Crippen molar-refractivity contribution in [3.63, 3.8) is 0 Å². The highest BCUT2D eigenvalue weighted by Gasteiger charge is 2.22. The SMILES string of the molecule is Cc1cc(C)cc(S(=O)(=O)NCC(C)(C)CCO)c1. The molecule has 19 heavy (non-hydrogen) atoms. The van der Waals surface area contributed by atoms with E-state index in [0.717, 1.165) is 11.1 Å². The molecule has 5 heteroatoms. The van der Waals surface area contributed by atoms with Gasteiger partial charge in [-0.25, -0.2) is 13.1 Å². The zero-order chi connectivity index (χ0) is 14.7. The highest BCUT2D eigenvalue weighted by Crippen LogP contribution is 2.20. The lowest BCUT2D eigenvalue weighted by molar-refractivity contribution is 0.213. The summed E-state index contributed by atoms with van der Waals surface area (Å²) in [6.07, 6.45) is 0.558. The molecular formula is C14H23NO3S. The van der Waals surface area contributed by atoms with Gasteiger partial charge in [0.05, 0.1) is 4.90 Å². The minimum Gasteiger partial charge on any atom is -0.396 e. The third-order valence-corrected chi connectivity index (χ3v) is 4.42. The van der Waals surface area contributed by atoms with Gasteiger partial charge in [0, 0.05) is 13.2 Å².